The van der Waals surface area contributed by atoms with Gasteiger partial charge in [-0.25, -0.2) is 0 Å². The van der Waals surface area contributed by atoms with Crippen LogP contribution in [0.15, 0.2) is 41.3 Å². The van der Waals surface area contributed by atoms with E-state index in [1.165, 1.54) is 22.9 Å². The predicted octanol–water partition coefficient (Wildman–Crippen LogP) is 4.58. The molecule has 4 nitrogen and oxygen atoms in total. The Balaban J connectivity index is 1.72. The average Bonchev–Trinajstić information content (AvgIpc) is 3.18. The second kappa shape index (κ2) is 8.61. The van der Waals surface area contributed by atoms with Gasteiger partial charge in [-0.1, -0.05) is 29.8 Å². The van der Waals surface area contributed by atoms with Crippen LogP contribution >= 0.6 is 11.8 Å². The molecule has 3 rings (SSSR count). The van der Waals surface area contributed by atoms with E-state index in [9.17, 15) is 9.59 Å². The summed E-state index contributed by atoms with van der Waals surface area (Å²) in [7, 11) is 0. The van der Waals surface area contributed by atoms with Crippen LogP contribution in [0.3, 0.4) is 0 Å². The zero-order valence-electron chi connectivity index (χ0n) is 16.2. The van der Waals surface area contributed by atoms with Crippen molar-refractivity contribution in [3.05, 3.63) is 58.7 Å². The first-order valence-corrected chi connectivity index (χ1v) is 10.3. The first-order chi connectivity index (χ1) is 13.0. The number of nitrogens with zero attached hydrogens (tertiary/aromatic N) is 1. The van der Waals surface area contributed by atoms with Gasteiger partial charge in [0.2, 0.25) is 5.91 Å². The van der Waals surface area contributed by atoms with E-state index in [2.05, 4.69) is 23.5 Å². The lowest BCUT2D eigenvalue weighted by Crippen LogP contribution is -2.29. The van der Waals surface area contributed by atoms with E-state index in [0.29, 0.717) is 17.0 Å². The molecule has 1 N–H and O–H groups in total. The predicted molar refractivity (Wildman–Crippen MR) is 112 cm³/mol. The van der Waals surface area contributed by atoms with E-state index in [1.54, 1.807) is 6.07 Å². The van der Waals surface area contributed by atoms with Crippen LogP contribution in [-0.2, 0) is 4.79 Å². The van der Waals surface area contributed by atoms with E-state index in [1.807, 2.05) is 37.8 Å². The van der Waals surface area contributed by atoms with Crippen LogP contribution in [0.25, 0.3) is 0 Å². The minimum Gasteiger partial charge on any atom is -0.339 e. The number of hydrogen-bond donors (Lipinski definition) is 1. The highest BCUT2D eigenvalue weighted by molar-refractivity contribution is 8.00. The zero-order valence-corrected chi connectivity index (χ0v) is 17.0. The SMILES string of the molecule is Cc1ccc(C)c(SCC(=O)Nc2c(C)cccc2C(=O)N2CCCC2)c1. The molecule has 0 atom stereocenters. The monoisotopic (exact) mass is 382 g/mol. The lowest BCUT2D eigenvalue weighted by molar-refractivity contribution is -0.113. The van der Waals surface area contributed by atoms with Crippen molar-refractivity contribution in [1.29, 1.82) is 0 Å². The van der Waals surface area contributed by atoms with Gasteiger partial charge in [0.15, 0.2) is 0 Å². The number of hydrogen-bond acceptors (Lipinski definition) is 3. The molecule has 1 aliphatic rings. The van der Waals surface area contributed by atoms with Gasteiger partial charge in [-0.2, -0.15) is 0 Å². The third-order valence-electron chi connectivity index (χ3n) is 4.86. The van der Waals surface area contributed by atoms with E-state index in [0.717, 1.165) is 36.4 Å². The van der Waals surface area contributed by atoms with Gasteiger partial charge in [0.05, 0.1) is 17.0 Å². The van der Waals surface area contributed by atoms with Crippen LogP contribution in [0, 0.1) is 20.8 Å². The quantitative estimate of drug-likeness (QED) is 0.770. The molecular weight excluding hydrogens is 356 g/mol. The summed E-state index contributed by atoms with van der Waals surface area (Å²) in [6.45, 7) is 7.61. The molecule has 0 aliphatic carbocycles. The number of thioether (sulfide) groups is 1. The molecule has 1 aliphatic heterocycles. The maximum absolute atomic E-state index is 12.8. The smallest absolute Gasteiger partial charge is 0.255 e. The molecule has 0 unspecified atom stereocenters. The fourth-order valence-electron chi connectivity index (χ4n) is 3.28. The summed E-state index contributed by atoms with van der Waals surface area (Å²) >= 11 is 1.53. The van der Waals surface area contributed by atoms with Crippen LogP contribution < -0.4 is 5.32 Å². The topological polar surface area (TPSA) is 49.4 Å². The fraction of sp³-hybridized carbons (Fsp3) is 0.364. The number of amides is 2. The highest BCUT2D eigenvalue weighted by atomic mass is 32.2. The Morgan fingerprint density at radius 3 is 2.52 bits per heavy atom. The second-order valence-electron chi connectivity index (χ2n) is 7.10. The molecule has 2 aromatic rings. The van der Waals surface area contributed by atoms with E-state index in [-0.39, 0.29) is 11.8 Å². The normalized spacial score (nSPS) is 13.7. The van der Waals surface area contributed by atoms with Crippen LogP contribution in [0.2, 0.25) is 0 Å². The Hall–Kier alpha value is -2.27. The van der Waals surface area contributed by atoms with Crippen LogP contribution in [0.1, 0.15) is 39.9 Å². The van der Waals surface area contributed by atoms with Crippen molar-refractivity contribution in [2.75, 3.05) is 24.2 Å². The number of aryl methyl sites for hydroxylation is 3. The maximum atomic E-state index is 12.8. The summed E-state index contributed by atoms with van der Waals surface area (Å²) in [5.41, 5.74) is 4.48. The number of nitrogens with one attached hydrogen (secondary N) is 1. The molecule has 0 saturated carbocycles. The lowest BCUT2D eigenvalue weighted by atomic mass is 10.1. The molecular formula is C22H26N2O2S. The van der Waals surface area contributed by atoms with Crippen molar-refractivity contribution in [3.8, 4) is 0 Å². The molecule has 1 heterocycles. The first-order valence-electron chi connectivity index (χ1n) is 9.34. The van der Waals surface area contributed by atoms with Gasteiger partial charge < -0.3 is 10.2 Å². The Kier molecular flexibility index (Phi) is 6.22. The Morgan fingerprint density at radius 2 is 1.78 bits per heavy atom. The third kappa shape index (κ3) is 4.72. The average molecular weight is 383 g/mol. The summed E-state index contributed by atoms with van der Waals surface area (Å²) < 4.78 is 0. The largest absolute Gasteiger partial charge is 0.339 e. The minimum absolute atomic E-state index is 0.00804. The van der Waals surface area contributed by atoms with Crippen molar-refractivity contribution in [1.82, 2.24) is 4.90 Å². The molecule has 5 heteroatoms. The molecule has 1 saturated heterocycles. The summed E-state index contributed by atoms with van der Waals surface area (Å²) in [5.74, 6) is 0.232. The van der Waals surface area contributed by atoms with E-state index >= 15 is 0 Å². The van der Waals surface area contributed by atoms with Crippen molar-refractivity contribution < 1.29 is 9.59 Å². The highest BCUT2D eigenvalue weighted by Crippen LogP contribution is 2.26. The van der Waals surface area contributed by atoms with Gasteiger partial charge in [0, 0.05) is 18.0 Å². The number of carbonyl (C=O) groups excluding carboxylic acids is 2. The fourth-order valence-corrected chi connectivity index (χ4v) is 4.21. The lowest BCUT2D eigenvalue weighted by Gasteiger charge is -2.19. The van der Waals surface area contributed by atoms with Crippen molar-refractivity contribution in [2.24, 2.45) is 0 Å². The van der Waals surface area contributed by atoms with Crippen molar-refractivity contribution in [3.63, 3.8) is 0 Å². The molecule has 0 aromatic heterocycles. The van der Waals surface area contributed by atoms with Gasteiger partial charge in [0.25, 0.3) is 5.91 Å². The number of para-hydroxylation sites is 1. The number of likely N-dealkylation sites (tertiary alicyclic amines) is 1. The molecule has 0 bridgehead atoms. The Bertz CT molecular complexity index is 857. The standard InChI is InChI=1S/C22H26N2O2S/c1-15-9-10-16(2)19(13-15)27-14-20(25)23-21-17(3)7-6-8-18(21)22(26)24-11-4-5-12-24/h6-10,13H,4-5,11-12,14H2,1-3H3,(H,23,25). The zero-order chi connectivity index (χ0) is 19.4. The summed E-state index contributed by atoms with van der Waals surface area (Å²) in [6.07, 6.45) is 2.09. The van der Waals surface area contributed by atoms with Gasteiger partial charge in [0.1, 0.15) is 0 Å². The van der Waals surface area contributed by atoms with Crippen LogP contribution in [0.4, 0.5) is 5.69 Å². The van der Waals surface area contributed by atoms with E-state index < -0.39 is 0 Å². The van der Waals surface area contributed by atoms with Gasteiger partial charge >= 0.3 is 0 Å². The minimum atomic E-state index is -0.0920. The molecule has 1 fully saturated rings. The van der Waals surface area contributed by atoms with Gasteiger partial charge in [-0.05, 0) is 56.9 Å². The Labute approximate surface area is 165 Å². The summed E-state index contributed by atoms with van der Waals surface area (Å²) in [5, 5.41) is 2.98. The van der Waals surface area contributed by atoms with Crippen molar-refractivity contribution in [2.45, 2.75) is 38.5 Å². The molecule has 2 amide bonds. The van der Waals surface area contributed by atoms with Crippen LogP contribution in [0.5, 0.6) is 0 Å². The number of rotatable bonds is 5. The molecule has 0 radical (unpaired) electrons. The first kappa shape index (κ1) is 19.5. The number of carbonyl (C=O) groups is 2. The Morgan fingerprint density at radius 1 is 1.04 bits per heavy atom. The maximum Gasteiger partial charge on any atom is 0.255 e. The number of benzene rings is 2. The van der Waals surface area contributed by atoms with Crippen LogP contribution in [-0.4, -0.2) is 35.6 Å². The number of anilines is 1. The van der Waals surface area contributed by atoms with Crippen molar-refractivity contribution >= 4 is 29.3 Å². The highest BCUT2D eigenvalue weighted by Gasteiger charge is 2.23. The van der Waals surface area contributed by atoms with Gasteiger partial charge in [-0.15, -0.1) is 11.8 Å². The molecule has 0 spiro atoms. The second-order valence-corrected chi connectivity index (χ2v) is 8.12. The summed E-state index contributed by atoms with van der Waals surface area (Å²) in [4.78, 5) is 28.4. The molecule has 27 heavy (non-hydrogen) atoms. The molecule has 2 aromatic carbocycles. The third-order valence-corrected chi connectivity index (χ3v) is 6.02. The van der Waals surface area contributed by atoms with E-state index in [4.69, 9.17) is 0 Å². The molecule has 142 valence electrons. The van der Waals surface area contributed by atoms with Gasteiger partial charge in [-0.3, -0.25) is 9.59 Å². The summed E-state index contributed by atoms with van der Waals surface area (Å²) in [6, 6.07) is 11.9.